The Labute approximate surface area is 399 Å². The number of rotatable bonds is 46. The van der Waals surface area contributed by atoms with Crippen molar-refractivity contribution in [2.75, 3.05) is 0 Å². The molecular formula is C62H104N2. The van der Waals surface area contributed by atoms with Gasteiger partial charge in [0, 0.05) is 6.21 Å². The van der Waals surface area contributed by atoms with Crippen molar-refractivity contribution in [2.24, 2.45) is 9.98 Å². The quantitative estimate of drug-likeness (QED) is 0.0360. The number of unbranched alkanes of at least 4 members (excludes halogenated alkanes) is 33. The van der Waals surface area contributed by atoms with Crippen LogP contribution in [0.4, 0.5) is 11.4 Å². The predicted octanol–water partition coefficient (Wildman–Crippen LogP) is 21.6. The number of aryl methyl sites for hydroxylation is 2. The Kier molecular flexibility index (Phi) is 40.7. The zero-order chi connectivity index (χ0) is 45.5. The van der Waals surface area contributed by atoms with Crippen LogP contribution in [-0.2, 0) is 12.8 Å². The standard InChI is InChI=1S/C62H104N2/c1-4-7-10-12-14-16-18-20-22-24-26-28-30-32-34-36-38-40-42-44-50-58-52-46-48-55-61(58)63-57-60(54-9-6-3)64-62-56-49-47-53-59(62)51-45-43-41-39-37-35-33-31-29-27-25-23-21-19-17-15-13-11-8-5-2/h40-43,46-49,52-53,55-57H,4-39,44-45,50-51,54H2,1-3H3/b42-40+,43-41+,63-57?,64-60?. The molecule has 0 aliphatic rings. The topological polar surface area (TPSA) is 24.7 Å². The maximum absolute atomic E-state index is 5.23. The van der Waals surface area contributed by atoms with Gasteiger partial charge in [-0.3, -0.25) is 9.98 Å². The van der Waals surface area contributed by atoms with E-state index in [0.29, 0.717) is 0 Å². The molecule has 362 valence electrons. The van der Waals surface area contributed by atoms with Crippen LogP contribution in [-0.4, -0.2) is 11.9 Å². The van der Waals surface area contributed by atoms with Gasteiger partial charge in [-0.15, -0.1) is 0 Å². The Morgan fingerprint density at radius 1 is 0.344 bits per heavy atom. The lowest BCUT2D eigenvalue weighted by molar-refractivity contribution is 0.530. The van der Waals surface area contributed by atoms with Crippen LogP contribution in [0, 0.1) is 0 Å². The van der Waals surface area contributed by atoms with E-state index in [1.807, 2.05) is 0 Å². The molecule has 0 aliphatic heterocycles. The number of hydrogen-bond donors (Lipinski definition) is 0. The molecule has 0 spiro atoms. The highest BCUT2D eigenvalue weighted by atomic mass is 14.8. The molecule has 0 heterocycles. The van der Waals surface area contributed by atoms with Gasteiger partial charge in [-0.1, -0.05) is 281 Å². The van der Waals surface area contributed by atoms with E-state index < -0.39 is 0 Å². The molecule has 64 heavy (non-hydrogen) atoms. The molecule has 0 aliphatic carbocycles. The van der Waals surface area contributed by atoms with Crippen LogP contribution in [0.3, 0.4) is 0 Å². The summed E-state index contributed by atoms with van der Waals surface area (Å²) in [6, 6.07) is 17.5. The third kappa shape index (κ3) is 34.6. The fourth-order valence-electron chi connectivity index (χ4n) is 9.06. The number of benzene rings is 2. The van der Waals surface area contributed by atoms with Gasteiger partial charge in [0.15, 0.2) is 0 Å². The van der Waals surface area contributed by atoms with Crippen LogP contribution in [0.5, 0.6) is 0 Å². The smallest absolute Gasteiger partial charge is 0.0665 e. The molecule has 0 amide bonds. The summed E-state index contributed by atoms with van der Waals surface area (Å²) in [4.78, 5) is 10.3. The summed E-state index contributed by atoms with van der Waals surface area (Å²) in [5, 5.41) is 0. The van der Waals surface area contributed by atoms with Gasteiger partial charge in [0.25, 0.3) is 0 Å². The molecule has 2 rings (SSSR count). The van der Waals surface area contributed by atoms with Crippen LogP contribution in [0.15, 0.2) is 82.8 Å². The van der Waals surface area contributed by atoms with E-state index in [1.165, 1.54) is 229 Å². The van der Waals surface area contributed by atoms with Gasteiger partial charge in [-0.2, -0.15) is 0 Å². The summed E-state index contributed by atoms with van der Waals surface area (Å²) in [5.74, 6) is 0. The fraction of sp³-hybridized carbons (Fsp3) is 0.710. The van der Waals surface area contributed by atoms with Gasteiger partial charge in [-0.25, -0.2) is 0 Å². The first-order valence-corrected chi connectivity index (χ1v) is 28.4. The molecule has 0 saturated heterocycles. The zero-order valence-corrected chi connectivity index (χ0v) is 42.9. The summed E-state index contributed by atoms with van der Waals surface area (Å²) < 4.78 is 0. The average Bonchev–Trinajstić information content (AvgIpc) is 3.31. The third-order valence-electron chi connectivity index (χ3n) is 13.3. The van der Waals surface area contributed by atoms with Crippen LogP contribution < -0.4 is 0 Å². The molecule has 0 atom stereocenters. The molecule has 0 unspecified atom stereocenters. The molecule has 2 nitrogen and oxygen atoms in total. The van der Waals surface area contributed by atoms with Gasteiger partial charge in [0.2, 0.25) is 0 Å². The Hall–Kier alpha value is -2.74. The monoisotopic (exact) mass is 877 g/mol. The highest BCUT2D eigenvalue weighted by molar-refractivity contribution is 6.31. The molecule has 0 saturated carbocycles. The van der Waals surface area contributed by atoms with E-state index >= 15 is 0 Å². The van der Waals surface area contributed by atoms with E-state index in [2.05, 4.69) is 99.8 Å². The number of para-hydroxylation sites is 2. The van der Waals surface area contributed by atoms with Crippen LogP contribution in [0.25, 0.3) is 0 Å². The van der Waals surface area contributed by atoms with E-state index in [1.54, 1.807) is 0 Å². The maximum atomic E-state index is 5.23. The normalized spacial score (nSPS) is 12.3. The SMILES string of the molecule is CCCCCCCCCCCCCCCCCC/C=C/CCc1ccccc1N=CC(CCCC)=Nc1ccccc1CC/C=C/CCCCCCCCCCCCCCCCCC. The van der Waals surface area contributed by atoms with Crippen LogP contribution in [0.2, 0.25) is 0 Å². The van der Waals surface area contributed by atoms with Crippen molar-refractivity contribution < 1.29 is 0 Å². The van der Waals surface area contributed by atoms with Crippen LogP contribution in [0.1, 0.15) is 282 Å². The van der Waals surface area contributed by atoms with E-state index in [0.717, 1.165) is 62.0 Å². The zero-order valence-electron chi connectivity index (χ0n) is 42.9. The summed E-state index contributed by atoms with van der Waals surface area (Å²) in [7, 11) is 0. The third-order valence-corrected chi connectivity index (χ3v) is 13.3. The summed E-state index contributed by atoms with van der Waals surface area (Å²) in [6.45, 7) is 6.87. The van der Waals surface area contributed by atoms with Crippen molar-refractivity contribution in [2.45, 2.75) is 284 Å². The van der Waals surface area contributed by atoms with Crippen molar-refractivity contribution in [1.82, 2.24) is 0 Å². The highest BCUT2D eigenvalue weighted by Gasteiger charge is 2.05. The summed E-state index contributed by atoms with van der Waals surface area (Å²) in [6.07, 6.45) is 67.3. The number of aliphatic imine (C=N–C) groups is 2. The molecule has 0 N–H and O–H groups in total. The van der Waals surface area contributed by atoms with Crippen molar-refractivity contribution in [3.05, 3.63) is 84.0 Å². The second kappa shape index (κ2) is 45.4. The van der Waals surface area contributed by atoms with Crippen LogP contribution >= 0.6 is 0 Å². The first-order chi connectivity index (χ1) is 31.8. The molecule has 0 aromatic heterocycles. The minimum absolute atomic E-state index is 0.956. The van der Waals surface area contributed by atoms with Gasteiger partial charge in [0.1, 0.15) is 0 Å². The lowest BCUT2D eigenvalue weighted by Gasteiger charge is -2.07. The lowest BCUT2D eigenvalue weighted by atomic mass is 10.0. The van der Waals surface area contributed by atoms with Gasteiger partial charge >= 0.3 is 0 Å². The molecule has 2 aromatic carbocycles. The minimum Gasteiger partial charge on any atom is -0.255 e. The lowest BCUT2D eigenvalue weighted by Crippen LogP contribution is -2.00. The van der Waals surface area contributed by atoms with Crippen molar-refractivity contribution in [3.63, 3.8) is 0 Å². The predicted molar refractivity (Wildman–Crippen MR) is 291 cm³/mol. The summed E-state index contributed by atoms with van der Waals surface area (Å²) in [5.41, 5.74) is 5.94. The second-order valence-electron chi connectivity index (χ2n) is 19.4. The number of nitrogens with zero attached hydrogens (tertiary/aromatic N) is 2. The minimum atomic E-state index is 0.956. The molecule has 0 bridgehead atoms. The average molecular weight is 878 g/mol. The van der Waals surface area contributed by atoms with Crippen molar-refractivity contribution in [1.29, 1.82) is 0 Å². The second-order valence-corrected chi connectivity index (χ2v) is 19.4. The maximum Gasteiger partial charge on any atom is 0.0665 e. The Balaban J connectivity index is 1.62. The van der Waals surface area contributed by atoms with E-state index in [4.69, 9.17) is 9.98 Å². The molecule has 0 fully saturated rings. The van der Waals surface area contributed by atoms with Crippen molar-refractivity contribution >= 4 is 23.3 Å². The Morgan fingerprint density at radius 2 is 0.656 bits per heavy atom. The van der Waals surface area contributed by atoms with Gasteiger partial charge in [0.05, 0.1) is 17.1 Å². The molecule has 2 aromatic rings. The van der Waals surface area contributed by atoms with Gasteiger partial charge in [-0.05, 0) is 87.5 Å². The molecular weight excluding hydrogens is 773 g/mol. The number of allylic oxidation sites excluding steroid dienone is 4. The largest absolute Gasteiger partial charge is 0.255 e. The Bertz CT molecular complexity index is 1410. The first-order valence-electron chi connectivity index (χ1n) is 28.4. The highest BCUT2D eigenvalue weighted by Crippen LogP contribution is 2.24. The number of hydrogen-bond acceptors (Lipinski definition) is 2. The van der Waals surface area contributed by atoms with E-state index in [9.17, 15) is 0 Å². The first kappa shape index (κ1) is 57.4. The molecule has 2 heteroatoms. The fourth-order valence-corrected chi connectivity index (χ4v) is 9.06. The van der Waals surface area contributed by atoms with E-state index in [-0.39, 0.29) is 0 Å². The van der Waals surface area contributed by atoms with Crippen molar-refractivity contribution in [3.8, 4) is 0 Å². The van der Waals surface area contributed by atoms with Gasteiger partial charge < -0.3 is 0 Å². The Morgan fingerprint density at radius 3 is 1.05 bits per heavy atom. The summed E-state index contributed by atoms with van der Waals surface area (Å²) >= 11 is 0. The molecule has 0 radical (unpaired) electrons.